The molecule has 1 aliphatic heterocycles. The number of aliphatic hydroxyl groups is 1. The summed E-state index contributed by atoms with van der Waals surface area (Å²) in [6.07, 6.45) is 2.19. The lowest BCUT2D eigenvalue weighted by Gasteiger charge is -2.39. The molecule has 4 N–H and O–H groups in total. The molecule has 5 rings (SSSR count). The van der Waals surface area contributed by atoms with E-state index >= 15 is 0 Å². The number of fused-ring (bicyclic) bond motifs is 1. The van der Waals surface area contributed by atoms with Crippen molar-refractivity contribution >= 4 is 28.3 Å². The summed E-state index contributed by atoms with van der Waals surface area (Å²) in [5.74, 6) is -0.528. The first-order valence-corrected chi connectivity index (χ1v) is 16.3. The molecule has 0 saturated carbocycles. The first kappa shape index (κ1) is 34.2. The van der Waals surface area contributed by atoms with Gasteiger partial charge in [0.05, 0.1) is 18.8 Å². The van der Waals surface area contributed by atoms with Crippen LogP contribution in [0, 0.1) is 0 Å². The third-order valence-corrected chi connectivity index (χ3v) is 8.90. The van der Waals surface area contributed by atoms with Gasteiger partial charge in [-0.25, -0.2) is 5.48 Å². The van der Waals surface area contributed by atoms with Crippen LogP contribution in [-0.2, 0) is 25.7 Å². The lowest BCUT2D eigenvalue weighted by Crippen LogP contribution is -2.38. The van der Waals surface area contributed by atoms with Crippen LogP contribution < -0.4 is 10.8 Å². The molecule has 2 amide bonds. The van der Waals surface area contributed by atoms with Gasteiger partial charge in [0, 0.05) is 43.1 Å². The van der Waals surface area contributed by atoms with E-state index in [1.54, 1.807) is 5.48 Å². The molecule has 4 aromatic carbocycles. The lowest BCUT2D eigenvalue weighted by atomic mass is 9.98. The Labute approximate surface area is 276 Å². The fraction of sp³-hybridized carbons (Fsp3) is 0.368. The number of carbonyl (C=O) groups excluding carboxylic acids is 2. The second-order valence-electron chi connectivity index (χ2n) is 12.3. The molecule has 0 unspecified atom stereocenters. The normalized spacial score (nSPS) is 18.6. The lowest BCUT2D eigenvalue weighted by molar-refractivity contribution is -0.253. The molecule has 0 radical (unpaired) electrons. The molecule has 1 saturated heterocycles. The van der Waals surface area contributed by atoms with Gasteiger partial charge < -0.3 is 19.9 Å². The number of nitrogens with zero attached hydrogens (tertiary/aromatic N) is 1. The first-order valence-electron chi connectivity index (χ1n) is 16.3. The van der Waals surface area contributed by atoms with E-state index in [0.29, 0.717) is 44.3 Å². The molecule has 4 aromatic rings. The molecule has 9 nitrogen and oxygen atoms in total. The predicted molar refractivity (Wildman–Crippen MR) is 182 cm³/mol. The highest BCUT2D eigenvalue weighted by molar-refractivity contribution is 5.90. The van der Waals surface area contributed by atoms with Gasteiger partial charge in [0.25, 0.3) is 0 Å². The summed E-state index contributed by atoms with van der Waals surface area (Å²) in [5.41, 5.74) is 6.20. The zero-order chi connectivity index (χ0) is 33.2. The van der Waals surface area contributed by atoms with Gasteiger partial charge in [0.1, 0.15) is 0 Å². The third-order valence-electron chi connectivity index (χ3n) is 8.90. The zero-order valence-corrected chi connectivity index (χ0v) is 27.1. The summed E-state index contributed by atoms with van der Waals surface area (Å²) in [5, 5.41) is 23.6. The van der Waals surface area contributed by atoms with Crippen LogP contribution in [0.3, 0.4) is 0 Å². The minimum Gasteiger partial charge on any atom is -0.392 e. The predicted octanol–water partition coefficient (Wildman–Crippen LogP) is 6.96. The minimum atomic E-state index is -0.643. The summed E-state index contributed by atoms with van der Waals surface area (Å²) in [6.45, 7) is 2.89. The van der Waals surface area contributed by atoms with Gasteiger partial charge >= 0.3 is 0 Å². The largest absolute Gasteiger partial charge is 0.392 e. The number of aliphatic hydroxyl groups excluding tert-OH is 1. The summed E-state index contributed by atoms with van der Waals surface area (Å²) in [6, 6.07) is 30.6. The number of amides is 2. The molecular weight excluding hydrogens is 594 g/mol. The number of hydrogen-bond acceptors (Lipinski definition) is 7. The van der Waals surface area contributed by atoms with E-state index in [4.69, 9.17) is 14.7 Å². The van der Waals surface area contributed by atoms with Crippen molar-refractivity contribution in [1.82, 2.24) is 10.4 Å². The van der Waals surface area contributed by atoms with Crippen molar-refractivity contribution in [2.24, 2.45) is 0 Å². The minimum absolute atomic E-state index is 0.0169. The zero-order valence-electron chi connectivity index (χ0n) is 27.1. The number of likely N-dealkylation sites (N-methyl/N-ethyl adjacent to an activating group) is 1. The standard InChI is InChI=1S/C38H45N3O6/c1-26(30-20-19-28-9-6-7-10-31(28)21-30)41(2)24-34-23-35(29-17-15-27(25-42)16-18-29)47-38(46-34)32-11-8-12-33(22-32)39-36(43)13-4-3-5-14-37(44)40-45/h6-12,15-22,26,34-35,38,42,45H,3-5,13-14,23-25H2,1-2H3,(H,39,43)(H,40,44)/t26-,34-,35+,38+/m1/s1. The fourth-order valence-corrected chi connectivity index (χ4v) is 6.02. The molecule has 0 aliphatic carbocycles. The monoisotopic (exact) mass is 639 g/mol. The van der Waals surface area contributed by atoms with E-state index in [9.17, 15) is 14.7 Å². The van der Waals surface area contributed by atoms with Crippen LogP contribution in [0.15, 0.2) is 91.0 Å². The van der Waals surface area contributed by atoms with Crippen molar-refractivity contribution < 1.29 is 29.4 Å². The maximum atomic E-state index is 12.7. The number of anilines is 1. The number of unbranched alkanes of at least 4 members (excludes halogenated alkanes) is 2. The van der Waals surface area contributed by atoms with Gasteiger partial charge in [-0.05, 0) is 72.5 Å². The van der Waals surface area contributed by atoms with Crippen LogP contribution in [0.5, 0.6) is 0 Å². The Morgan fingerprint density at radius 2 is 1.60 bits per heavy atom. The smallest absolute Gasteiger partial charge is 0.243 e. The van der Waals surface area contributed by atoms with Crippen LogP contribution in [0.2, 0.25) is 0 Å². The van der Waals surface area contributed by atoms with Gasteiger partial charge in [-0.3, -0.25) is 19.7 Å². The molecule has 47 heavy (non-hydrogen) atoms. The van der Waals surface area contributed by atoms with Crippen LogP contribution in [0.25, 0.3) is 10.8 Å². The van der Waals surface area contributed by atoms with Crippen LogP contribution in [-0.4, -0.2) is 46.7 Å². The summed E-state index contributed by atoms with van der Waals surface area (Å²) in [7, 11) is 2.12. The van der Waals surface area contributed by atoms with E-state index in [1.807, 2.05) is 48.5 Å². The number of ether oxygens (including phenoxy) is 2. The van der Waals surface area contributed by atoms with E-state index < -0.39 is 12.2 Å². The van der Waals surface area contributed by atoms with E-state index in [0.717, 1.165) is 16.7 Å². The number of hydroxylamine groups is 1. The molecule has 0 aromatic heterocycles. The average molecular weight is 640 g/mol. The Morgan fingerprint density at radius 3 is 2.34 bits per heavy atom. The van der Waals surface area contributed by atoms with Crippen LogP contribution >= 0.6 is 0 Å². The quantitative estimate of drug-likeness (QED) is 0.0669. The van der Waals surface area contributed by atoms with Crippen LogP contribution in [0.4, 0.5) is 5.69 Å². The second kappa shape index (κ2) is 16.6. The molecule has 1 fully saturated rings. The highest BCUT2D eigenvalue weighted by Gasteiger charge is 2.33. The molecule has 248 valence electrons. The number of hydrogen-bond donors (Lipinski definition) is 4. The van der Waals surface area contributed by atoms with E-state index in [1.165, 1.54) is 16.3 Å². The fourth-order valence-electron chi connectivity index (χ4n) is 6.02. The second-order valence-corrected chi connectivity index (χ2v) is 12.3. The molecule has 1 heterocycles. The van der Waals surface area contributed by atoms with Gasteiger partial charge in [0.15, 0.2) is 6.29 Å². The van der Waals surface area contributed by atoms with Crippen molar-refractivity contribution in [2.75, 3.05) is 18.9 Å². The Morgan fingerprint density at radius 1 is 0.851 bits per heavy atom. The Bertz CT molecular complexity index is 1630. The molecular formula is C38H45N3O6. The van der Waals surface area contributed by atoms with Gasteiger partial charge in [-0.15, -0.1) is 0 Å². The molecule has 4 atom stereocenters. The van der Waals surface area contributed by atoms with E-state index in [2.05, 4.69) is 66.7 Å². The average Bonchev–Trinajstić information content (AvgIpc) is 3.10. The molecule has 0 spiro atoms. The van der Waals surface area contributed by atoms with Crippen molar-refractivity contribution in [3.63, 3.8) is 0 Å². The van der Waals surface area contributed by atoms with Crippen LogP contribution in [0.1, 0.15) is 86.1 Å². The SMILES string of the molecule is C[C@H](c1ccc2ccccc2c1)N(C)C[C@H]1C[C@@H](c2ccc(CO)cc2)O[C@@H](c2cccc(NC(=O)CCCCCC(=O)NO)c2)O1. The maximum absolute atomic E-state index is 12.7. The first-order chi connectivity index (χ1) is 22.8. The van der Waals surface area contributed by atoms with Gasteiger partial charge in [-0.1, -0.05) is 79.2 Å². The van der Waals surface area contributed by atoms with E-state index in [-0.39, 0.29) is 37.2 Å². The molecule has 0 bridgehead atoms. The van der Waals surface area contributed by atoms with Crippen molar-refractivity contribution in [3.05, 3.63) is 113 Å². The summed E-state index contributed by atoms with van der Waals surface area (Å²) < 4.78 is 13.2. The maximum Gasteiger partial charge on any atom is 0.243 e. The Balaban J connectivity index is 1.27. The highest BCUT2D eigenvalue weighted by atomic mass is 16.7. The van der Waals surface area contributed by atoms with Crippen molar-refractivity contribution in [2.45, 2.75) is 76.6 Å². The number of carbonyl (C=O) groups is 2. The molecule has 9 heteroatoms. The highest BCUT2D eigenvalue weighted by Crippen LogP contribution is 2.39. The summed E-state index contributed by atoms with van der Waals surface area (Å²) >= 11 is 0. The van der Waals surface area contributed by atoms with Gasteiger partial charge in [-0.2, -0.15) is 0 Å². The molecule has 1 aliphatic rings. The van der Waals surface area contributed by atoms with Crippen molar-refractivity contribution in [1.29, 1.82) is 0 Å². The summed E-state index contributed by atoms with van der Waals surface area (Å²) in [4.78, 5) is 26.1. The van der Waals surface area contributed by atoms with Crippen molar-refractivity contribution in [3.8, 4) is 0 Å². The number of rotatable bonds is 14. The van der Waals surface area contributed by atoms with Gasteiger partial charge in [0.2, 0.25) is 11.8 Å². The topological polar surface area (TPSA) is 120 Å². The Hall–Kier alpha value is -4.12. The Kier molecular flexibility index (Phi) is 12.1. The number of benzene rings is 4. The number of nitrogens with one attached hydrogen (secondary N) is 2. The third kappa shape index (κ3) is 9.47.